The van der Waals surface area contributed by atoms with Crippen LogP contribution < -0.4 is 5.32 Å². The van der Waals surface area contributed by atoms with Crippen molar-refractivity contribution in [3.05, 3.63) is 0 Å². The Kier molecular flexibility index (Phi) is 2.29. The van der Waals surface area contributed by atoms with Gasteiger partial charge in [-0.15, -0.1) is 0 Å². The fourth-order valence-electron chi connectivity index (χ4n) is 3.89. The quantitative estimate of drug-likeness (QED) is 0.680. The van der Waals surface area contributed by atoms with E-state index in [2.05, 4.69) is 17.3 Å². The molecule has 80 valence electrons. The summed E-state index contributed by atoms with van der Waals surface area (Å²) in [6.45, 7) is 2.69. The molecule has 3 aliphatic heterocycles. The Bertz CT molecular complexity index is 216. The Morgan fingerprint density at radius 2 is 1.93 bits per heavy atom. The molecule has 2 bridgehead atoms. The standard InChI is InChI=1S/C12H22N2/c1-14-7-6-9(8-14)11-4-2-10-3-5-12(11)13-10/h9-13H,2-8H2,1H3. The van der Waals surface area contributed by atoms with Crippen LogP contribution in [0.5, 0.6) is 0 Å². The van der Waals surface area contributed by atoms with Gasteiger partial charge in [-0.05, 0) is 57.5 Å². The van der Waals surface area contributed by atoms with Crippen molar-refractivity contribution in [3.63, 3.8) is 0 Å². The predicted octanol–water partition coefficient (Wildman–Crippen LogP) is 1.47. The molecular weight excluding hydrogens is 172 g/mol. The van der Waals surface area contributed by atoms with E-state index in [4.69, 9.17) is 0 Å². The zero-order valence-corrected chi connectivity index (χ0v) is 9.21. The van der Waals surface area contributed by atoms with Crippen molar-refractivity contribution in [2.24, 2.45) is 11.8 Å². The number of piperidine rings is 1. The zero-order chi connectivity index (χ0) is 9.54. The third-order valence-corrected chi connectivity index (χ3v) is 4.67. The molecule has 0 spiro atoms. The van der Waals surface area contributed by atoms with E-state index in [0.717, 1.165) is 23.9 Å². The van der Waals surface area contributed by atoms with Gasteiger partial charge in [0.05, 0.1) is 0 Å². The predicted molar refractivity (Wildman–Crippen MR) is 58.3 cm³/mol. The summed E-state index contributed by atoms with van der Waals surface area (Å²) in [5, 5.41) is 3.81. The summed E-state index contributed by atoms with van der Waals surface area (Å²) in [6.07, 6.45) is 7.30. The van der Waals surface area contributed by atoms with Crippen molar-refractivity contribution in [2.45, 2.75) is 44.2 Å². The van der Waals surface area contributed by atoms with E-state index in [1.54, 1.807) is 0 Å². The van der Waals surface area contributed by atoms with E-state index >= 15 is 0 Å². The highest BCUT2D eigenvalue weighted by Gasteiger charge is 2.40. The number of hydrogen-bond acceptors (Lipinski definition) is 2. The molecule has 4 unspecified atom stereocenters. The third kappa shape index (κ3) is 1.49. The van der Waals surface area contributed by atoms with Gasteiger partial charge in [0, 0.05) is 18.6 Å². The van der Waals surface area contributed by atoms with Crippen LogP contribution in [-0.2, 0) is 0 Å². The minimum absolute atomic E-state index is 0.880. The van der Waals surface area contributed by atoms with Crippen molar-refractivity contribution in [2.75, 3.05) is 20.1 Å². The van der Waals surface area contributed by atoms with Gasteiger partial charge in [-0.3, -0.25) is 0 Å². The Labute approximate surface area is 87.0 Å². The topological polar surface area (TPSA) is 15.3 Å². The summed E-state index contributed by atoms with van der Waals surface area (Å²) in [7, 11) is 2.27. The average Bonchev–Trinajstić information content (AvgIpc) is 2.75. The van der Waals surface area contributed by atoms with Gasteiger partial charge < -0.3 is 10.2 Å². The summed E-state index contributed by atoms with van der Waals surface area (Å²) in [6, 6.07) is 1.76. The minimum Gasteiger partial charge on any atom is -0.311 e. The number of hydrogen-bond donors (Lipinski definition) is 1. The zero-order valence-electron chi connectivity index (χ0n) is 9.21. The maximum absolute atomic E-state index is 3.81. The van der Waals surface area contributed by atoms with Gasteiger partial charge in [-0.25, -0.2) is 0 Å². The monoisotopic (exact) mass is 194 g/mol. The van der Waals surface area contributed by atoms with Crippen LogP contribution >= 0.6 is 0 Å². The highest BCUT2D eigenvalue weighted by atomic mass is 15.1. The second kappa shape index (κ2) is 3.49. The molecule has 4 atom stereocenters. The molecule has 0 saturated carbocycles. The Morgan fingerprint density at radius 1 is 1.07 bits per heavy atom. The molecule has 3 heterocycles. The molecule has 2 nitrogen and oxygen atoms in total. The van der Waals surface area contributed by atoms with Crippen LogP contribution in [0.25, 0.3) is 0 Å². The van der Waals surface area contributed by atoms with Crippen LogP contribution in [-0.4, -0.2) is 37.1 Å². The van der Waals surface area contributed by atoms with E-state index in [-0.39, 0.29) is 0 Å². The molecule has 0 aromatic carbocycles. The summed E-state index contributed by atoms with van der Waals surface area (Å²) in [5.41, 5.74) is 0. The average molecular weight is 194 g/mol. The highest BCUT2D eigenvalue weighted by Crippen LogP contribution is 2.38. The molecule has 1 N–H and O–H groups in total. The molecule has 2 heteroatoms. The van der Waals surface area contributed by atoms with E-state index < -0.39 is 0 Å². The SMILES string of the molecule is CN1CCC(C2CCC3CCC2N3)C1. The van der Waals surface area contributed by atoms with Gasteiger partial charge in [0.15, 0.2) is 0 Å². The lowest BCUT2D eigenvalue weighted by atomic mass is 9.80. The van der Waals surface area contributed by atoms with E-state index in [1.807, 2.05) is 0 Å². The van der Waals surface area contributed by atoms with Crippen molar-refractivity contribution in [3.8, 4) is 0 Å². The molecule has 0 aliphatic carbocycles. The first-order valence-electron chi connectivity index (χ1n) is 6.27. The molecule has 3 aliphatic rings. The maximum Gasteiger partial charge on any atom is 0.0102 e. The lowest BCUT2D eigenvalue weighted by Crippen LogP contribution is -2.43. The highest BCUT2D eigenvalue weighted by molar-refractivity contribution is 4.97. The number of nitrogens with one attached hydrogen (secondary N) is 1. The fraction of sp³-hybridized carbons (Fsp3) is 1.00. The van der Waals surface area contributed by atoms with Crippen molar-refractivity contribution in [1.29, 1.82) is 0 Å². The molecule has 0 aromatic heterocycles. The van der Waals surface area contributed by atoms with Crippen LogP contribution in [0.15, 0.2) is 0 Å². The normalized spacial score (nSPS) is 48.6. The largest absolute Gasteiger partial charge is 0.311 e. The van der Waals surface area contributed by atoms with Crippen LogP contribution in [0.1, 0.15) is 32.1 Å². The summed E-state index contributed by atoms with van der Waals surface area (Å²) in [4.78, 5) is 2.51. The Hall–Kier alpha value is -0.0800. The number of fused-ring (bicyclic) bond motifs is 2. The molecule has 3 saturated heterocycles. The second-order valence-electron chi connectivity index (χ2n) is 5.60. The number of likely N-dealkylation sites (tertiary alicyclic amines) is 1. The fourth-order valence-corrected chi connectivity index (χ4v) is 3.89. The van der Waals surface area contributed by atoms with E-state index in [0.29, 0.717) is 0 Å². The van der Waals surface area contributed by atoms with E-state index in [1.165, 1.54) is 45.2 Å². The number of rotatable bonds is 1. The second-order valence-corrected chi connectivity index (χ2v) is 5.60. The Morgan fingerprint density at radius 3 is 2.71 bits per heavy atom. The van der Waals surface area contributed by atoms with Gasteiger partial charge in [0.1, 0.15) is 0 Å². The van der Waals surface area contributed by atoms with Gasteiger partial charge >= 0.3 is 0 Å². The molecule has 3 rings (SSSR count). The van der Waals surface area contributed by atoms with Gasteiger partial charge in [-0.2, -0.15) is 0 Å². The molecular formula is C12H22N2. The molecule has 14 heavy (non-hydrogen) atoms. The van der Waals surface area contributed by atoms with Crippen LogP contribution in [0.3, 0.4) is 0 Å². The smallest absolute Gasteiger partial charge is 0.0102 e. The van der Waals surface area contributed by atoms with Crippen LogP contribution in [0.4, 0.5) is 0 Å². The van der Waals surface area contributed by atoms with Crippen molar-refractivity contribution < 1.29 is 0 Å². The molecule has 0 radical (unpaired) electrons. The first-order chi connectivity index (χ1) is 6.83. The van der Waals surface area contributed by atoms with Crippen molar-refractivity contribution in [1.82, 2.24) is 10.2 Å². The van der Waals surface area contributed by atoms with Gasteiger partial charge in [0.25, 0.3) is 0 Å². The summed E-state index contributed by atoms with van der Waals surface area (Å²) in [5.74, 6) is 2.00. The number of nitrogens with zero attached hydrogens (tertiary/aromatic N) is 1. The minimum atomic E-state index is 0.880. The van der Waals surface area contributed by atoms with Crippen LogP contribution in [0, 0.1) is 11.8 Å². The van der Waals surface area contributed by atoms with Gasteiger partial charge in [-0.1, -0.05) is 0 Å². The van der Waals surface area contributed by atoms with Crippen molar-refractivity contribution >= 4 is 0 Å². The molecule has 0 aromatic rings. The molecule has 3 fully saturated rings. The van der Waals surface area contributed by atoms with Gasteiger partial charge in [0.2, 0.25) is 0 Å². The lowest BCUT2D eigenvalue weighted by Gasteiger charge is -2.34. The summed E-state index contributed by atoms with van der Waals surface area (Å²) >= 11 is 0. The first kappa shape index (κ1) is 9.17. The lowest BCUT2D eigenvalue weighted by molar-refractivity contribution is 0.206. The molecule has 0 amide bonds. The van der Waals surface area contributed by atoms with E-state index in [9.17, 15) is 0 Å². The first-order valence-corrected chi connectivity index (χ1v) is 6.27. The third-order valence-electron chi connectivity index (χ3n) is 4.67. The van der Waals surface area contributed by atoms with Crippen LogP contribution in [0.2, 0.25) is 0 Å². The summed E-state index contributed by atoms with van der Waals surface area (Å²) < 4.78 is 0. The Balaban J connectivity index is 1.66. The maximum atomic E-state index is 3.81.